The van der Waals surface area contributed by atoms with E-state index in [0.29, 0.717) is 5.75 Å². The third-order valence-corrected chi connectivity index (χ3v) is 3.12. The number of benzene rings is 1. The van der Waals surface area contributed by atoms with E-state index in [0.717, 1.165) is 16.2 Å². The molecule has 0 spiro atoms. The lowest BCUT2D eigenvalue weighted by Gasteiger charge is -2.13. The number of methoxy groups -OCH3 is 2. The Hall–Kier alpha value is -1.36. The van der Waals surface area contributed by atoms with Crippen molar-refractivity contribution in [1.29, 1.82) is 0 Å². The first-order valence-electron chi connectivity index (χ1n) is 4.66. The summed E-state index contributed by atoms with van der Waals surface area (Å²) in [6.45, 7) is 1.88. The summed E-state index contributed by atoms with van der Waals surface area (Å²) in [5.41, 5.74) is 0.875. The average molecular weight is 242 g/mol. The fourth-order valence-electron chi connectivity index (χ4n) is 1.38. The zero-order chi connectivity index (χ0) is 12.1. The molecule has 5 heteroatoms. The second-order valence-corrected chi connectivity index (χ2v) is 4.12. The average Bonchev–Trinajstić information content (AvgIpc) is 2.26. The van der Waals surface area contributed by atoms with Crippen LogP contribution in [0.3, 0.4) is 0 Å². The molecule has 0 saturated carbocycles. The standard InChI is InChI=1S/C11H14O4S/c1-7-8(14-2)4-5-9(11(7)15-3)16-6-10(12)13/h4-5H,6H2,1-3H3,(H,12,13). The van der Waals surface area contributed by atoms with Crippen molar-refractivity contribution in [2.24, 2.45) is 0 Å². The number of hydrogen-bond donors (Lipinski definition) is 1. The Balaban J connectivity index is 3.01. The van der Waals surface area contributed by atoms with E-state index in [1.54, 1.807) is 20.3 Å². The molecule has 0 heterocycles. The van der Waals surface area contributed by atoms with Crippen LogP contribution in [-0.2, 0) is 4.79 Å². The maximum Gasteiger partial charge on any atom is 0.313 e. The summed E-state index contributed by atoms with van der Waals surface area (Å²) in [5, 5.41) is 8.62. The van der Waals surface area contributed by atoms with E-state index in [2.05, 4.69) is 0 Å². The van der Waals surface area contributed by atoms with Crippen molar-refractivity contribution < 1.29 is 19.4 Å². The van der Waals surface area contributed by atoms with E-state index in [-0.39, 0.29) is 5.75 Å². The Morgan fingerprint density at radius 3 is 2.56 bits per heavy atom. The molecule has 0 saturated heterocycles. The highest BCUT2D eigenvalue weighted by Gasteiger charge is 2.12. The second-order valence-electron chi connectivity index (χ2n) is 3.11. The van der Waals surface area contributed by atoms with Crippen molar-refractivity contribution in [2.45, 2.75) is 11.8 Å². The van der Waals surface area contributed by atoms with Crippen LogP contribution in [0.25, 0.3) is 0 Å². The van der Waals surface area contributed by atoms with Gasteiger partial charge in [0.25, 0.3) is 0 Å². The predicted molar refractivity (Wildman–Crippen MR) is 62.6 cm³/mol. The fourth-order valence-corrected chi connectivity index (χ4v) is 2.19. The largest absolute Gasteiger partial charge is 0.496 e. The van der Waals surface area contributed by atoms with Gasteiger partial charge in [-0.3, -0.25) is 4.79 Å². The zero-order valence-electron chi connectivity index (χ0n) is 9.44. The molecule has 0 aromatic heterocycles. The van der Waals surface area contributed by atoms with E-state index in [9.17, 15) is 4.79 Å². The minimum absolute atomic E-state index is 0.0160. The third kappa shape index (κ3) is 2.82. The molecule has 0 aliphatic carbocycles. The minimum atomic E-state index is -0.847. The van der Waals surface area contributed by atoms with Gasteiger partial charge in [-0.15, -0.1) is 11.8 Å². The Kier molecular flexibility index (Phi) is 4.49. The topological polar surface area (TPSA) is 55.8 Å². The van der Waals surface area contributed by atoms with E-state index in [4.69, 9.17) is 14.6 Å². The minimum Gasteiger partial charge on any atom is -0.496 e. The Morgan fingerprint density at radius 1 is 1.38 bits per heavy atom. The molecule has 1 N–H and O–H groups in total. The zero-order valence-corrected chi connectivity index (χ0v) is 10.3. The van der Waals surface area contributed by atoms with Gasteiger partial charge < -0.3 is 14.6 Å². The number of carboxylic acids is 1. The van der Waals surface area contributed by atoms with E-state index < -0.39 is 5.97 Å². The van der Waals surface area contributed by atoms with Gasteiger partial charge in [0, 0.05) is 5.56 Å². The van der Waals surface area contributed by atoms with Crippen LogP contribution in [0, 0.1) is 6.92 Å². The Morgan fingerprint density at radius 2 is 2.06 bits per heavy atom. The maximum absolute atomic E-state index is 10.5. The Bertz CT molecular complexity index is 390. The van der Waals surface area contributed by atoms with Gasteiger partial charge in [-0.2, -0.15) is 0 Å². The number of aliphatic carboxylic acids is 1. The number of carboxylic acid groups (broad SMARTS) is 1. The van der Waals surface area contributed by atoms with E-state index in [1.165, 1.54) is 11.8 Å². The fraction of sp³-hybridized carbons (Fsp3) is 0.364. The molecule has 0 fully saturated rings. The van der Waals surface area contributed by atoms with Gasteiger partial charge in [-0.25, -0.2) is 0 Å². The number of hydrogen-bond acceptors (Lipinski definition) is 4. The number of rotatable bonds is 5. The summed E-state index contributed by atoms with van der Waals surface area (Å²) in [5.74, 6) is 0.574. The first kappa shape index (κ1) is 12.7. The molecule has 0 unspecified atom stereocenters. The first-order chi connectivity index (χ1) is 7.60. The molecule has 0 aliphatic rings. The predicted octanol–water partition coefficient (Wildman–Crippen LogP) is 2.19. The maximum atomic E-state index is 10.5. The molecule has 16 heavy (non-hydrogen) atoms. The van der Waals surface area contributed by atoms with Gasteiger partial charge >= 0.3 is 5.97 Å². The van der Waals surface area contributed by atoms with Crippen molar-refractivity contribution in [3.63, 3.8) is 0 Å². The molecule has 0 aliphatic heterocycles. The van der Waals surface area contributed by atoms with Crippen LogP contribution in [0.1, 0.15) is 5.56 Å². The monoisotopic (exact) mass is 242 g/mol. The highest BCUT2D eigenvalue weighted by Crippen LogP contribution is 2.37. The van der Waals surface area contributed by atoms with Crippen molar-refractivity contribution in [3.05, 3.63) is 17.7 Å². The number of carbonyl (C=O) groups is 1. The van der Waals surface area contributed by atoms with Gasteiger partial charge in [-0.05, 0) is 19.1 Å². The van der Waals surface area contributed by atoms with Crippen LogP contribution in [-0.4, -0.2) is 31.0 Å². The molecule has 0 bridgehead atoms. The summed E-state index contributed by atoms with van der Waals surface area (Å²) in [4.78, 5) is 11.3. The van der Waals surface area contributed by atoms with Crippen LogP contribution in [0.5, 0.6) is 11.5 Å². The highest BCUT2D eigenvalue weighted by molar-refractivity contribution is 8.00. The second kappa shape index (κ2) is 5.65. The molecular weight excluding hydrogens is 228 g/mol. The number of thioether (sulfide) groups is 1. The van der Waals surface area contributed by atoms with Gasteiger partial charge in [0.05, 0.1) is 24.9 Å². The lowest BCUT2D eigenvalue weighted by Crippen LogP contribution is -1.99. The van der Waals surface area contributed by atoms with E-state index >= 15 is 0 Å². The molecule has 88 valence electrons. The van der Waals surface area contributed by atoms with Crippen LogP contribution < -0.4 is 9.47 Å². The van der Waals surface area contributed by atoms with Gasteiger partial charge in [0.1, 0.15) is 11.5 Å². The lowest BCUT2D eigenvalue weighted by molar-refractivity contribution is -0.133. The summed E-state index contributed by atoms with van der Waals surface area (Å²) in [7, 11) is 3.15. The SMILES string of the molecule is COc1ccc(SCC(=O)O)c(OC)c1C. The van der Waals surface area contributed by atoms with Crippen LogP contribution in [0.15, 0.2) is 17.0 Å². The number of ether oxygens (including phenoxy) is 2. The van der Waals surface area contributed by atoms with Crippen molar-refractivity contribution >= 4 is 17.7 Å². The molecule has 0 atom stereocenters. The normalized spacial score (nSPS) is 9.94. The summed E-state index contributed by atoms with van der Waals surface area (Å²) in [6, 6.07) is 3.61. The molecule has 1 rings (SSSR count). The van der Waals surface area contributed by atoms with Gasteiger partial charge in [0.2, 0.25) is 0 Å². The molecule has 1 aromatic carbocycles. The van der Waals surface area contributed by atoms with Crippen LogP contribution in [0.4, 0.5) is 0 Å². The van der Waals surface area contributed by atoms with Crippen molar-refractivity contribution in [2.75, 3.05) is 20.0 Å². The van der Waals surface area contributed by atoms with Crippen molar-refractivity contribution in [1.82, 2.24) is 0 Å². The quantitative estimate of drug-likeness (QED) is 0.802. The lowest BCUT2D eigenvalue weighted by atomic mass is 10.2. The van der Waals surface area contributed by atoms with Gasteiger partial charge in [-0.1, -0.05) is 0 Å². The molecule has 4 nitrogen and oxygen atoms in total. The molecular formula is C11H14O4S. The molecule has 0 amide bonds. The van der Waals surface area contributed by atoms with E-state index in [1.807, 2.05) is 13.0 Å². The Labute approximate surface area is 98.6 Å². The summed E-state index contributed by atoms with van der Waals surface area (Å²) >= 11 is 1.23. The smallest absolute Gasteiger partial charge is 0.313 e. The van der Waals surface area contributed by atoms with Crippen molar-refractivity contribution in [3.8, 4) is 11.5 Å². The molecule has 0 radical (unpaired) electrons. The highest BCUT2D eigenvalue weighted by atomic mass is 32.2. The first-order valence-corrected chi connectivity index (χ1v) is 5.65. The van der Waals surface area contributed by atoms with Crippen LogP contribution >= 0.6 is 11.8 Å². The summed E-state index contributed by atoms with van der Waals surface area (Å²) in [6.07, 6.45) is 0. The third-order valence-electron chi connectivity index (χ3n) is 2.10. The van der Waals surface area contributed by atoms with Gasteiger partial charge in [0.15, 0.2) is 0 Å². The summed E-state index contributed by atoms with van der Waals surface area (Å²) < 4.78 is 10.4. The van der Waals surface area contributed by atoms with Crippen LogP contribution in [0.2, 0.25) is 0 Å². The molecule has 1 aromatic rings.